The number of anilines is 2. The number of hydrogen-bond donors (Lipinski definition) is 2. The van der Waals surface area contributed by atoms with Crippen LogP contribution in [0.5, 0.6) is 0 Å². The normalized spacial score (nSPS) is 10.9. The lowest BCUT2D eigenvalue weighted by Crippen LogP contribution is -2.43. The predicted octanol–water partition coefficient (Wildman–Crippen LogP) is 2.08. The smallest absolute Gasteiger partial charge is 0.239 e. The van der Waals surface area contributed by atoms with Gasteiger partial charge in [-0.3, -0.25) is 4.79 Å². The molecule has 0 radical (unpaired) electrons. The van der Waals surface area contributed by atoms with Crippen molar-refractivity contribution in [2.45, 2.75) is 26.3 Å². The van der Waals surface area contributed by atoms with Gasteiger partial charge in [0.1, 0.15) is 0 Å². The van der Waals surface area contributed by atoms with E-state index in [-0.39, 0.29) is 11.4 Å². The second kappa shape index (κ2) is 5.76. The van der Waals surface area contributed by atoms with E-state index in [1.165, 1.54) is 0 Å². The topological polar surface area (TPSA) is 44.4 Å². The molecule has 1 amide bonds. The maximum absolute atomic E-state index is 11.6. The summed E-state index contributed by atoms with van der Waals surface area (Å²) in [6, 6.07) is 7.98. The Morgan fingerprint density at radius 3 is 2.17 bits per heavy atom. The second-order valence-electron chi connectivity index (χ2n) is 5.59. The fourth-order valence-corrected chi connectivity index (χ4v) is 1.52. The lowest BCUT2D eigenvalue weighted by atomic mass is 10.1. The summed E-state index contributed by atoms with van der Waals surface area (Å²) in [5.74, 6) is -0.000754. The largest absolute Gasteiger partial charge is 0.378 e. The summed E-state index contributed by atoms with van der Waals surface area (Å²) >= 11 is 0. The molecule has 1 aromatic rings. The third-order valence-electron chi connectivity index (χ3n) is 2.35. The Labute approximate surface area is 109 Å². The zero-order valence-electron chi connectivity index (χ0n) is 11.9. The Kier molecular flexibility index (Phi) is 4.59. The van der Waals surface area contributed by atoms with Crippen molar-refractivity contribution < 1.29 is 4.79 Å². The molecule has 0 spiro atoms. The van der Waals surface area contributed by atoms with E-state index in [9.17, 15) is 4.79 Å². The van der Waals surface area contributed by atoms with E-state index in [0.29, 0.717) is 6.54 Å². The minimum atomic E-state index is -0.187. The summed E-state index contributed by atoms with van der Waals surface area (Å²) in [6.07, 6.45) is 0. The highest BCUT2D eigenvalue weighted by Crippen LogP contribution is 2.15. The molecule has 4 heteroatoms. The van der Waals surface area contributed by atoms with Crippen molar-refractivity contribution in [3.8, 4) is 0 Å². The van der Waals surface area contributed by atoms with Gasteiger partial charge in [0.05, 0.1) is 6.54 Å². The number of nitrogens with one attached hydrogen (secondary N) is 2. The van der Waals surface area contributed by atoms with Crippen LogP contribution in [0.15, 0.2) is 24.3 Å². The maximum atomic E-state index is 11.6. The van der Waals surface area contributed by atoms with Crippen LogP contribution in [0, 0.1) is 0 Å². The molecular formula is C14H23N3O. The van der Waals surface area contributed by atoms with E-state index in [1.807, 2.05) is 64.0 Å². The van der Waals surface area contributed by atoms with E-state index in [1.54, 1.807) is 0 Å². The number of nitrogens with zero attached hydrogens (tertiary/aromatic N) is 1. The van der Waals surface area contributed by atoms with Gasteiger partial charge in [0.15, 0.2) is 0 Å². The molecule has 0 heterocycles. The molecule has 0 fully saturated rings. The van der Waals surface area contributed by atoms with Crippen LogP contribution < -0.4 is 15.5 Å². The number of carbonyl (C=O) groups excluding carboxylic acids is 1. The van der Waals surface area contributed by atoms with Gasteiger partial charge in [0.2, 0.25) is 5.91 Å². The molecule has 4 nitrogen and oxygen atoms in total. The minimum Gasteiger partial charge on any atom is -0.378 e. The zero-order valence-corrected chi connectivity index (χ0v) is 11.9. The number of hydrogen-bond acceptors (Lipinski definition) is 3. The SMILES string of the molecule is CN(C)c1ccc(NCC(=O)NC(C)(C)C)cc1. The van der Waals surface area contributed by atoms with E-state index < -0.39 is 0 Å². The molecule has 0 bridgehead atoms. The average Bonchev–Trinajstić information content (AvgIpc) is 2.24. The highest BCUT2D eigenvalue weighted by molar-refractivity contribution is 5.81. The molecule has 0 atom stereocenters. The van der Waals surface area contributed by atoms with Gasteiger partial charge in [0.25, 0.3) is 0 Å². The first-order chi connectivity index (χ1) is 8.28. The van der Waals surface area contributed by atoms with Crippen molar-refractivity contribution in [3.63, 3.8) is 0 Å². The van der Waals surface area contributed by atoms with Gasteiger partial charge in [-0.2, -0.15) is 0 Å². The molecule has 1 rings (SSSR count). The molecular weight excluding hydrogens is 226 g/mol. The van der Waals surface area contributed by atoms with Crippen LogP contribution in [0.25, 0.3) is 0 Å². The molecule has 0 saturated carbocycles. The zero-order chi connectivity index (χ0) is 13.8. The molecule has 0 aliphatic heterocycles. The molecule has 0 aliphatic rings. The summed E-state index contributed by atoms with van der Waals surface area (Å²) in [5, 5.41) is 6.01. The Hall–Kier alpha value is -1.71. The first kappa shape index (κ1) is 14.4. The van der Waals surface area contributed by atoms with Gasteiger partial charge in [-0.25, -0.2) is 0 Å². The second-order valence-corrected chi connectivity index (χ2v) is 5.59. The van der Waals surface area contributed by atoms with Crippen molar-refractivity contribution in [1.29, 1.82) is 0 Å². The molecule has 0 saturated heterocycles. The lowest BCUT2D eigenvalue weighted by molar-refractivity contribution is -0.120. The number of amides is 1. The lowest BCUT2D eigenvalue weighted by Gasteiger charge is -2.20. The average molecular weight is 249 g/mol. The first-order valence-electron chi connectivity index (χ1n) is 6.10. The van der Waals surface area contributed by atoms with E-state index >= 15 is 0 Å². The monoisotopic (exact) mass is 249 g/mol. The first-order valence-corrected chi connectivity index (χ1v) is 6.10. The van der Waals surface area contributed by atoms with E-state index in [4.69, 9.17) is 0 Å². The standard InChI is InChI=1S/C14H23N3O/c1-14(2,3)16-13(18)10-15-11-6-8-12(9-7-11)17(4)5/h6-9,15H,10H2,1-5H3,(H,16,18). The Morgan fingerprint density at radius 1 is 1.17 bits per heavy atom. The summed E-state index contributed by atoms with van der Waals surface area (Å²) in [7, 11) is 4.00. The summed E-state index contributed by atoms with van der Waals surface area (Å²) < 4.78 is 0. The molecule has 18 heavy (non-hydrogen) atoms. The summed E-state index contributed by atoms with van der Waals surface area (Å²) in [4.78, 5) is 13.7. The number of rotatable bonds is 4. The van der Waals surface area contributed by atoms with Crippen molar-refractivity contribution in [1.82, 2.24) is 5.32 Å². The minimum absolute atomic E-state index is 0.000754. The van der Waals surface area contributed by atoms with Crippen molar-refractivity contribution in [3.05, 3.63) is 24.3 Å². The van der Waals surface area contributed by atoms with E-state index in [2.05, 4.69) is 10.6 Å². The molecule has 1 aromatic carbocycles. The third-order valence-corrected chi connectivity index (χ3v) is 2.35. The van der Waals surface area contributed by atoms with Crippen molar-refractivity contribution in [2.24, 2.45) is 0 Å². The molecule has 0 aromatic heterocycles. The highest BCUT2D eigenvalue weighted by atomic mass is 16.2. The van der Waals surface area contributed by atoms with Crippen LogP contribution in [0.2, 0.25) is 0 Å². The van der Waals surface area contributed by atoms with Crippen LogP contribution >= 0.6 is 0 Å². The third kappa shape index (κ3) is 5.08. The molecule has 0 unspecified atom stereocenters. The van der Waals surface area contributed by atoms with Gasteiger partial charge in [-0.15, -0.1) is 0 Å². The predicted molar refractivity (Wildman–Crippen MR) is 77.2 cm³/mol. The Bertz CT molecular complexity index is 390. The summed E-state index contributed by atoms with van der Waals surface area (Å²) in [6.45, 7) is 6.20. The Morgan fingerprint density at radius 2 is 1.72 bits per heavy atom. The number of carbonyl (C=O) groups is 1. The van der Waals surface area contributed by atoms with Gasteiger partial charge < -0.3 is 15.5 Å². The van der Waals surface area contributed by atoms with Gasteiger partial charge >= 0.3 is 0 Å². The fourth-order valence-electron chi connectivity index (χ4n) is 1.52. The van der Waals surface area contributed by atoms with Crippen LogP contribution in [-0.2, 0) is 4.79 Å². The Balaban J connectivity index is 2.46. The van der Waals surface area contributed by atoms with Gasteiger partial charge in [-0.05, 0) is 45.0 Å². The van der Waals surface area contributed by atoms with Crippen LogP contribution in [0.4, 0.5) is 11.4 Å². The maximum Gasteiger partial charge on any atom is 0.239 e. The molecule has 100 valence electrons. The quantitative estimate of drug-likeness (QED) is 0.858. The van der Waals surface area contributed by atoms with Crippen molar-refractivity contribution >= 4 is 17.3 Å². The fraction of sp³-hybridized carbons (Fsp3) is 0.500. The van der Waals surface area contributed by atoms with Crippen LogP contribution in [-0.4, -0.2) is 32.1 Å². The molecule has 2 N–H and O–H groups in total. The highest BCUT2D eigenvalue weighted by Gasteiger charge is 2.12. The van der Waals surface area contributed by atoms with Gasteiger partial charge in [0, 0.05) is 31.0 Å². The number of benzene rings is 1. The van der Waals surface area contributed by atoms with Gasteiger partial charge in [-0.1, -0.05) is 0 Å². The van der Waals surface area contributed by atoms with Crippen molar-refractivity contribution in [2.75, 3.05) is 30.9 Å². The summed E-state index contributed by atoms with van der Waals surface area (Å²) in [5.41, 5.74) is 1.90. The van der Waals surface area contributed by atoms with Crippen LogP contribution in [0.1, 0.15) is 20.8 Å². The van der Waals surface area contributed by atoms with E-state index in [0.717, 1.165) is 11.4 Å². The van der Waals surface area contributed by atoms with Crippen LogP contribution in [0.3, 0.4) is 0 Å². The molecule has 0 aliphatic carbocycles.